The standard InChI is InChI=1S/C14H23BrN4/c1-3-5-13-16-12(15)11-14(17-13)19-9-7-18(6-4-2)8-10-19/h11H,3-10H2,1-2H3. The lowest BCUT2D eigenvalue weighted by atomic mass is 10.3. The van der Waals surface area contributed by atoms with E-state index < -0.39 is 0 Å². The van der Waals surface area contributed by atoms with Crippen molar-refractivity contribution in [3.63, 3.8) is 0 Å². The van der Waals surface area contributed by atoms with Crippen molar-refractivity contribution >= 4 is 21.7 Å². The fourth-order valence-electron chi connectivity index (χ4n) is 2.47. The van der Waals surface area contributed by atoms with Crippen molar-refractivity contribution in [2.24, 2.45) is 0 Å². The highest BCUT2D eigenvalue weighted by molar-refractivity contribution is 9.10. The Morgan fingerprint density at radius 2 is 1.84 bits per heavy atom. The van der Waals surface area contributed by atoms with Crippen molar-refractivity contribution in [3.05, 3.63) is 16.5 Å². The first-order valence-corrected chi connectivity index (χ1v) is 8.03. The van der Waals surface area contributed by atoms with Crippen LogP contribution in [-0.4, -0.2) is 47.6 Å². The van der Waals surface area contributed by atoms with Crippen molar-refractivity contribution in [2.45, 2.75) is 33.1 Å². The summed E-state index contributed by atoms with van der Waals surface area (Å²) in [7, 11) is 0. The first kappa shape index (κ1) is 14.7. The zero-order chi connectivity index (χ0) is 13.7. The first-order chi connectivity index (χ1) is 9.22. The minimum absolute atomic E-state index is 0.900. The van der Waals surface area contributed by atoms with E-state index in [0.29, 0.717) is 0 Å². The second-order valence-electron chi connectivity index (χ2n) is 5.04. The smallest absolute Gasteiger partial charge is 0.133 e. The van der Waals surface area contributed by atoms with Crippen LogP contribution in [0.15, 0.2) is 10.7 Å². The van der Waals surface area contributed by atoms with Crippen molar-refractivity contribution in [1.29, 1.82) is 0 Å². The Morgan fingerprint density at radius 3 is 2.47 bits per heavy atom. The van der Waals surface area contributed by atoms with Gasteiger partial charge in [0.15, 0.2) is 0 Å². The van der Waals surface area contributed by atoms with Crippen molar-refractivity contribution < 1.29 is 0 Å². The van der Waals surface area contributed by atoms with Crippen LogP contribution in [-0.2, 0) is 6.42 Å². The van der Waals surface area contributed by atoms with Gasteiger partial charge in [0.2, 0.25) is 0 Å². The summed E-state index contributed by atoms with van der Waals surface area (Å²) in [6.07, 6.45) is 3.27. The molecule has 0 unspecified atom stereocenters. The van der Waals surface area contributed by atoms with E-state index in [0.717, 1.165) is 55.3 Å². The molecule has 2 heterocycles. The molecule has 0 radical (unpaired) electrons. The minimum atomic E-state index is 0.900. The molecule has 5 heteroatoms. The molecular formula is C14H23BrN4. The summed E-state index contributed by atoms with van der Waals surface area (Å²) in [6, 6.07) is 2.04. The third-order valence-corrected chi connectivity index (χ3v) is 3.84. The van der Waals surface area contributed by atoms with E-state index in [-0.39, 0.29) is 0 Å². The summed E-state index contributed by atoms with van der Waals surface area (Å²) >= 11 is 3.50. The number of hydrogen-bond acceptors (Lipinski definition) is 4. The Labute approximate surface area is 124 Å². The van der Waals surface area contributed by atoms with Crippen LogP contribution in [0.1, 0.15) is 32.5 Å². The zero-order valence-electron chi connectivity index (χ0n) is 11.9. The highest BCUT2D eigenvalue weighted by Gasteiger charge is 2.18. The van der Waals surface area contributed by atoms with Gasteiger partial charge in [-0.25, -0.2) is 9.97 Å². The van der Waals surface area contributed by atoms with Crippen LogP contribution < -0.4 is 4.90 Å². The highest BCUT2D eigenvalue weighted by Crippen LogP contribution is 2.19. The maximum atomic E-state index is 4.68. The van der Waals surface area contributed by atoms with Gasteiger partial charge in [-0.2, -0.15) is 0 Å². The summed E-state index contributed by atoms with van der Waals surface area (Å²) in [5.41, 5.74) is 0. The quantitative estimate of drug-likeness (QED) is 0.779. The third kappa shape index (κ3) is 4.14. The lowest BCUT2D eigenvalue weighted by molar-refractivity contribution is 0.258. The summed E-state index contributed by atoms with van der Waals surface area (Å²) < 4.78 is 0.900. The fraction of sp³-hybridized carbons (Fsp3) is 0.714. The predicted molar refractivity (Wildman–Crippen MR) is 82.7 cm³/mol. The average Bonchev–Trinajstić information content (AvgIpc) is 2.40. The van der Waals surface area contributed by atoms with Crippen LogP contribution in [0.4, 0.5) is 5.82 Å². The van der Waals surface area contributed by atoms with Crippen LogP contribution in [0.3, 0.4) is 0 Å². The Hall–Kier alpha value is -0.680. The van der Waals surface area contributed by atoms with E-state index in [1.165, 1.54) is 13.0 Å². The Balaban J connectivity index is 2.02. The van der Waals surface area contributed by atoms with E-state index >= 15 is 0 Å². The molecule has 1 aliphatic heterocycles. The largest absolute Gasteiger partial charge is 0.354 e. The molecule has 0 spiro atoms. The molecule has 1 aromatic heterocycles. The van der Waals surface area contributed by atoms with Gasteiger partial charge in [0.05, 0.1) is 0 Å². The molecule has 1 aliphatic rings. The number of anilines is 1. The monoisotopic (exact) mass is 326 g/mol. The SMILES string of the molecule is CCCc1nc(Br)cc(N2CCN(CCC)CC2)n1. The second-order valence-corrected chi connectivity index (χ2v) is 5.86. The number of aryl methyl sites for hydroxylation is 1. The summed E-state index contributed by atoms with van der Waals surface area (Å²) in [6.45, 7) is 10.0. The van der Waals surface area contributed by atoms with E-state index in [1.54, 1.807) is 0 Å². The van der Waals surface area contributed by atoms with Gasteiger partial charge in [-0.1, -0.05) is 13.8 Å². The number of aromatic nitrogens is 2. The van der Waals surface area contributed by atoms with Gasteiger partial charge < -0.3 is 4.90 Å². The van der Waals surface area contributed by atoms with Crippen LogP contribution in [0.25, 0.3) is 0 Å². The topological polar surface area (TPSA) is 32.3 Å². The maximum Gasteiger partial charge on any atom is 0.133 e. The molecular weight excluding hydrogens is 304 g/mol. The number of rotatable bonds is 5. The van der Waals surface area contributed by atoms with Crippen molar-refractivity contribution in [3.8, 4) is 0 Å². The lowest BCUT2D eigenvalue weighted by Gasteiger charge is -2.35. The van der Waals surface area contributed by atoms with Crippen LogP contribution in [0, 0.1) is 0 Å². The minimum Gasteiger partial charge on any atom is -0.354 e. The van der Waals surface area contributed by atoms with Gasteiger partial charge in [-0.05, 0) is 35.3 Å². The molecule has 0 bridgehead atoms. The predicted octanol–water partition coefficient (Wildman–Crippen LogP) is 2.72. The van der Waals surface area contributed by atoms with Gasteiger partial charge in [0.25, 0.3) is 0 Å². The molecule has 1 fully saturated rings. The Bertz CT molecular complexity index is 402. The van der Waals surface area contributed by atoms with E-state index in [9.17, 15) is 0 Å². The van der Waals surface area contributed by atoms with Crippen LogP contribution >= 0.6 is 15.9 Å². The van der Waals surface area contributed by atoms with Gasteiger partial charge in [0, 0.05) is 38.7 Å². The Kier molecular flexibility index (Phi) is 5.58. The highest BCUT2D eigenvalue weighted by atomic mass is 79.9. The molecule has 0 aliphatic carbocycles. The number of hydrogen-bond donors (Lipinski definition) is 0. The molecule has 19 heavy (non-hydrogen) atoms. The van der Waals surface area contributed by atoms with Crippen molar-refractivity contribution in [1.82, 2.24) is 14.9 Å². The first-order valence-electron chi connectivity index (χ1n) is 7.23. The summed E-state index contributed by atoms with van der Waals surface area (Å²) in [4.78, 5) is 14.0. The Morgan fingerprint density at radius 1 is 1.11 bits per heavy atom. The van der Waals surface area contributed by atoms with Gasteiger partial charge in [0.1, 0.15) is 16.2 Å². The van der Waals surface area contributed by atoms with Gasteiger partial charge >= 0.3 is 0 Å². The molecule has 4 nitrogen and oxygen atoms in total. The van der Waals surface area contributed by atoms with Gasteiger partial charge in [-0.15, -0.1) is 0 Å². The molecule has 0 amide bonds. The third-order valence-electron chi connectivity index (χ3n) is 3.44. The molecule has 106 valence electrons. The average molecular weight is 327 g/mol. The molecule has 0 N–H and O–H groups in total. The molecule has 0 atom stereocenters. The molecule has 1 saturated heterocycles. The lowest BCUT2D eigenvalue weighted by Crippen LogP contribution is -2.46. The van der Waals surface area contributed by atoms with E-state index in [1.807, 2.05) is 6.07 Å². The zero-order valence-corrected chi connectivity index (χ0v) is 13.5. The number of halogens is 1. The normalized spacial score (nSPS) is 16.9. The summed E-state index contributed by atoms with van der Waals surface area (Å²) in [5.74, 6) is 2.02. The second kappa shape index (κ2) is 7.20. The molecule has 1 aromatic rings. The number of nitrogens with zero attached hydrogens (tertiary/aromatic N) is 4. The van der Waals surface area contributed by atoms with Crippen LogP contribution in [0.2, 0.25) is 0 Å². The van der Waals surface area contributed by atoms with E-state index in [4.69, 9.17) is 0 Å². The summed E-state index contributed by atoms with van der Waals surface area (Å²) in [5, 5.41) is 0. The van der Waals surface area contributed by atoms with E-state index in [2.05, 4.69) is 49.5 Å². The van der Waals surface area contributed by atoms with Gasteiger partial charge in [-0.3, -0.25) is 4.90 Å². The number of piperazine rings is 1. The van der Waals surface area contributed by atoms with Crippen molar-refractivity contribution in [2.75, 3.05) is 37.6 Å². The fourth-order valence-corrected chi connectivity index (χ4v) is 2.88. The molecule has 2 rings (SSSR count). The molecule has 0 aromatic carbocycles. The maximum absolute atomic E-state index is 4.68. The molecule has 0 saturated carbocycles. The van der Waals surface area contributed by atoms with Crippen LogP contribution in [0.5, 0.6) is 0 Å².